The predicted octanol–water partition coefficient (Wildman–Crippen LogP) is 2.79. The standard InChI is InChI=1S/C14H15FN4OS/c1-7-8(2)17-14(18-9(7)3)21-12-5-4-10(6-11(12)15)13(16)19-20/h4-6,20H,1-3H3,(H2,16,19). The van der Waals surface area contributed by atoms with Crippen LogP contribution in [0.25, 0.3) is 0 Å². The van der Waals surface area contributed by atoms with Gasteiger partial charge in [-0.1, -0.05) is 5.16 Å². The molecule has 3 N–H and O–H groups in total. The number of halogens is 1. The first kappa shape index (κ1) is 15.2. The Hall–Kier alpha value is -2.15. The lowest BCUT2D eigenvalue weighted by Gasteiger charge is -2.08. The average Bonchev–Trinajstić information content (AvgIpc) is 2.46. The number of amidine groups is 1. The van der Waals surface area contributed by atoms with Crippen LogP contribution in [0.3, 0.4) is 0 Å². The summed E-state index contributed by atoms with van der Waals surface area (Å²) < 4.78 is 14.0. The van der Waals surface area contributed by atoms with Crippen LogP contribution in [0.15, 0.2) is 33.4 Å². The molecule has 0 saturated carbocycles. The minimum atomic E-state index is -0.469. The van der Waals surface area contributed by atoms with Crippen molar-refractivity contribution in [2.45, 2.75) is 30.8 Å². The molecule has 1 heterocycles. The molecule has 0 bridgehead atoms. The van der Waals surface area contributed by atoms with Gasteiger partial charge in [0.2, 0.25) is 0 Å². The van der Waals surface area contributed by atoms with Gasteiger partial charge in [0, 0.05) is 17.0 Å². The Balaban J connectivity index is 2.32. The van der Waals surface area contributed by atoms with E-state index in [9.17, 15) is 4.39 Å². The maximum Gasteiger partial charge on any atom is 0.192 e. The number of benzene rings is 1. The summed E-state index contributed by atoms with van der Waals surface area (Å²) in [4.78, 5) is 9.06. The molecule has 1 aromatic carbocycles. The fourth-order valence-corrected chi connectivity index (χ4v) is 2.54. The molecule has 7 heteroatoms. The van der Waals surface area contributed by atoms with E-state index in [4.69, 9.17) is 10.9 Å². The van der Waals surface area contributed by atoms with Crippen LogP contribution in [0, 0.1) is 26.6 Å². The molecule has 0 atom stereocenters. The highest BCUT2D eigenvalue weighted by molar-refractivity contribution is 7.99. The fraction of sp³-hybridized carbons (Fsp3) is 0.214. The Morgan fingerprint density at radius 1 is 1.24 bits per heavy atom. The third-order valence-corrected chi connectivity index (χ3v) is 4.06. The summed E-state index contributed by atoms with van der Waals surface area (Å²) >= 11 is 1.14. The number of aromatic nitrogens is 2. The van der Waals surface area contributed by atoms with Crippen LogP contribution in [0.2, 0.25) is 0 Å². The van der Waals surface area contributed by atoms with E-state index >= 15 is 0 Å². The molecule has 0 fully saturated rings. The molecule has 0 saturated heterocycles. The normalized spacial score (nSPS) is 11.7. The van der Waals surface area contributed by atoms with Crippen molar-refractivity contribution in [3.05, 3.63) is 46.5 Å². The molecule has 2 rings (SSSR count). The van der Waals surface area contributed by atoms with E-state index in [-0.39, 0.29) is 5.84 Å². The van der Waals surface area contributed by atoms with Crippen LogP contribution in [0.4, 0.5) is 4.39 Å². The van der Waals surface area contributed by atoms with Crippen molar-refractivity contribution in [1.29, 1.82) is 0 Å². The Morgan fingerprint density at radius 2 is 1.86 bits per heavy atom. The summed E-state index contributed by atoms with van der Waals surface area (Å²) in [6.07, 6.45) is 0. The second-order valence-electron chi connectivity index (χ2n) is 4.53. The van der Waals surface area contributed by atoms with Crippen molar-refractivity contribution in [1.82, 2.24) is 9.97 Å². The average molecular weight is 306 g/mol. The number of rotatable bonds is 3. The monoisotopic (exact) mass is 306 g/mol. The van der Waals surface area contributed by atoms with Gasteiger partial charge in [-0.05, 0) is 56.3 Å². The summed E-state index contributed by atoms with van der Waals surface area (Å²) in [7, 11) is 0. The van der Waals surface area contributed by atoms with Crippen molar-refractivity contribution >= 4 is 17.6 Å². The summed E-state index contributed by atoms with van der Waals surface area (Å²) in [5.41, 5.74) is 8.52. The first-order valence-corrected chi connectivity index (χ1v) is 7.01. The van der Waals surface area contributed by atoms with E-state index in [0.717, 1.165) is 28.7 Å². The SMILES string of the molecule is Cc1nc(Sc2ccc(C(N)=NO)cc2F)nc(C)c1C. The van der Waals surface area contributed by atoms with Crippen LogP contribution in [0.5, 0.6) is 0 Å². The molecule has 5 nitrogen and oxygen atoms in total. The van der Waals surface area contributed by atoms with Gasteiger partial charge in [-0.3, -0.25) is 0 Å². The maximum absolute atomic E-state index is 14.0. The van der Waals surface area contributed by atoms with Gasteiger partial charge < -0.3 is 10.9 Å². The van der Waals surface area contributed by atoms with E-state index in [1.807, 2.05) is 20.8 Å². The zero-order valence-electron chi connectivity index (χ0n) is 11.9. The zero-order chi connectivity index (χ0) is 15.6. The third kappa shape index (κ3) is 3.30. The highest BCUT2D eigenvalue weighted by Crippen LogP contribution is 2.28. The van der Waals surface area contributed by atoms with E-state index in [2.05, 4.69) is 15.1 Å². The van der Waals surface area contributed by atoms with Gasteiger partial charge in [-0.2, -0.15) is 0 Å². The van der Waals surface area contributed by atoms with Crippen LogP contribution < -0.4 is 5.73 Å². The highest BCUT2D eigenvalue weighted by atomic mass is 32.2. The Morgan fingerprint density at radius 3 is 2.38 bits per heavy atom. The Labute approximate surface area is 126 Å². The second-order valence-corrected chi connectivity index (χ2v) is 5.54. The topological polar surface area (TPSA) is 84.4 Å². The summed E-state index contributed by atoms with van der Waals surface area (Å²) in [6.45, 7) is 5.74. The zero-order valence-corrected chi connectivity index (χ0v) is 12.7. The molecule has 0 unspecified atom stereocenters. The van der Waals surface area contributed by atoms with E-state index < -0.39 is 5.82 Å². The number of hydrogen-bond acceptors (Lipinski definition) is 5. The maximum atomic E-state index is 14.0. The molecule has 0 spiro atoms. The van der Waals surface area contributed by atoms with Gasteiger partial charge in [0.15, 0.2) is 11.0 Å². The molecule has 2 aromatic rings. The summed E-state index contributed by atoms with van der Waals surface area (Å²) in [5, 5.41) is 11.9. The predicted molar refractivity (Wildman–Crippen MR) is 79.3 cm³/mol. The van der Waals surface area contributed by atoms with Gasteiger partial charge in [-0.25, -0.2) is 14.4 Å². The lowest BCUT2D eigenvalue weighted by Crippen LogP contribution is -2.13. The van der Waals surface area contributed by atoms with Gasteiger partial charge in [0.05, 0.1) is 4.90 Å². The first-order valence-electron chi connectivity index (χ1n) is 6.19. The van der Waals surface area contributed by atoms with Crippen LogP contribution in [0.1, 0.15) is 22.5 Å². The van der Waals surface area contributed by atoms with E-state index in [0.29, 0.717) is 15.6 Å². The lowest BCUT2D eigenvalue weighted by atomic mass is 10.2. The van der Waals surface area contributed by atoms with E-state index in [1.54, 1.807) is 12.1 Å². The van der Waals surface area contributed by atoms with Gasteiger partial charge in [-0.15, -0.1) is 0 Å². The Kier molecular flexibility index (Phi) is 4.42. The number of aryl methyl sites for hydroxylation is 2. The van der Waals surface area contributed by atoms with Crippen molar-refractivity contribution in [3.63, 3.8) is 0 Å². The van der Waals surface area contributed by atoms with Gasteiger partial charge in [0.25, 0.3) is 0 Å². The molecule has 110 valence electrons. The minimum absolute atomic E-state index is 0.135. The minimum Gasteiger partial charge on any atom is -0.409 e. The van der Waals surface area contributed by atoms with Gasteiger partial charge in [0.1, 0.15) is 5.82 Å². The molecule has 0 aliphatic carbocycles. The molecular weight excluding hydrogens is 291 g/mol. The molecular formula is C14H15FN4OS. The number of oxime groups is 1. The molecule has 0 amide bonds. The number of hydrogen-bond donors (Lipinski definition) is 2. The van der Waals surface area contributed by atoms with Crippen molar-refractivity contribution in [2.75, 3.05) is 0 Å². The van der Waals surface area contributed by atoms with Gasteiger partial charge >= 0.3 is 0 Å². The quantitative estimate of drug-likeness (QED) is 0.299. The highest BCUT2D eigenvalue weighted by Gasteiger charge is 2.11. The van der Waals surface area contributed by atoms with Crippen LogP contribution >= 0.6 is 11.8 Å². The number of nitrogens with two attached hydrogens (primary N) is 1. The fourth-order valence-electron chi connectivity index (χ4n) is 1.69. The van der Waals surface area contributed by atoms with Crippen molar-refractivity contribution < 1.29 is 9.60 Å². The largest absolute Gasteiger partial charge is 0.409 e. The molecule has 1 aromatic heterocycles. The number of nitrogens with zero attached hydrogens (tertiary/aromatic N) is 3. The molecule has 0 aliphatic heterocycles. The second kappa shape index (κ2) is 6.09. The van der Waals surface area contributed by atoms with Crippen molar-refractivity contribution in [3.8, 4) is 0 Å². The lowest BCUT2D eigenvalue weighted by molar-refractivity contribution is 0.318. The van der Waals surface area contributed by atoms with E-state index in [1.165, 1.54) is 6.07 Å². The van der Waals surface area contributed by atoms with Crippen LogP contribution in [-0.2, 0) is 0 Å². The molecule has 21 heavy (non-hydrogen) atoms. The summed E-state index contributed by atoms with van der Waals surface area (Å²) in [6, 6.07) is 4.35. The smallest absolute Gasteiger partial charge is 0.192 e. The first-order chi connectivity index (χ1) is 9.92. The molecule has 0 aliphatic rings. The third-order valence-electron chi connectivity index (χ3n) is 3.15. The molecule has 0 radical (unpaired) electrons. The Bertz CT molecular complexity index is 695. The van der Waals surface area contributed by atoms with Crippen LogP contribution in [-0.4, -0.2) is 21.0 Å². The van der Waals surface area contributed by atoms with Crippen molar-refractivity contribution in [2.24, 2.45) is 10.9 Å². The summed E-state index contributed by atoms with van der Waals surface area (Å²) in [5.74, 6) is -0.604.